The molecule has 0 heterocycles. The number of ketones is 1. The van der Waals surface area contributed by atoms with Gasteiger partial charge in [0.2, 0.25) is 5.91 Å². The largest absolute Gasteiger partial charge is 0.326 e. The van der Waals surface area contributed by atoms with E-state index in [9.17, 15) is 14.0 Å². The summed E-state index contributed by atoms with van der Waals surface area (Å²) >= 11 is 0. The maximum Gasteiger partial charge on any atom is 0.221 e. The minimum atomic E-state index is -0.428. The van der Waals surface area contributed by atoms with Crippen molar-refractivity contribution in [2.24, 2.45) is 0 Å². The first-order valence-corrected chi connectivity index (χ1v) is 6.15. The van der Waals surface area contributed by atoms with Gasteiger partial charge in [0.05, 0.1) is 0 Å². The Kier molecular flexibility index (Phi) is 3.94. The van der Waals surface area contributed by atoms with Crippen LogP contribution < -0.4 is 5.32 Å². The number of halogens is 1. The summed E-state index contributed by atoms with van der Waals surface area (Å²) in [7, 11) is 0. The minimum absolute atomic E-state index is 0.176. The molecular formula is C16H14FNO2. The number of carbonyl (C=O) groups is 2. The Balaban J connectivity index is 2.26. The van der Waals surface area contributed by atoms with Gasteiger partial charge < -0.3 is 5.32 Å². The smallest absolute Gasteiger partial charge is 0.221 e. The van der Waals surface area contributed by atoms with Gasteiger partial charge in [-0.25, -0.2) is 4.39 Å². The summed E-state index contributed by atoms with van der Waals surface area (Å²) in [5.74, 6) is -0.852. The molecule has 0 atom stereocenters. The molecule has 102 valence electrons. The summed E-state index contributed by atoms with van der Waals surface area (Å²) < 4.78 is 13.3. The molecule has 0 unspecified atom stereocenters. The Labute approximate surface area is 116 Å². The Hall–Kier alpha value is -2.49. The van der Waals surface area contributed by atoms with Crippen molar-refractivity contribution in [3.63, 3.8) is 0 Å². The monoisotopic (exact) mass is 271 g/mol. The van der Waals surface area contributed by atoms with Crippen LogP contribution in [0.1, 0.15) is 28.4 Å². The highest BCUT2D eigenvalue weighted by atomic mass is 19.1. The van der Waals surface area contributed by atoms with Gasteiger partial charge in [0, 0.05) is 23.7 Å². The number of nitrogens with one attached hydrogen (secondary N) is 1. The number of hydrogen-bond donors (Lipinski definition) is 1. The maximum atomic E-state index is 13.3. The summed E-state index contributed by atoms with van der Waals surface area (Å²) in [6.45, 7) is 3.15. The molecule has 2 aromatic rings. The van der Waals surface area contributed by atoms with Crippen LogP contribution in [0.25, 0.3) is 0 Å². The predicted octanol–water partition coefficient (Wildman–Crippen LogP) is 3.32. The van der Waals surface area contributed by atoms with Crippen LogP contribution in [0, 0.1) is 12.7 Å². The summed E-state index contributed by atoms with van der Waals surface area (Å²) in [6.07, 6.45) is 0. The van der Waals surface area contributed by atoms with Crippen LogP contribution in [-0.4, -0.2) is 11.7 Å². The highest BCUT2D eigenvalue weighted by molar-refractivity contribution is 6.09. The van der Waals surface area contributed by atoms with E-state index < -0.39 is 5.82 Å². The van der Waals surface area contributed by atoms with Gasteiger partial charge >= 0.3 is 0 Å². The fourth-order valence-corrected chi connectivity index (χ4v) is 1.94. The van der Waals surface area contributed by atoms with Crippen molar-refractivity contribution in [2.45, 2.75) is 13.8 Å². The molecule has 0 aliphatic rings. The zero-order chi connectivity index (χ0) is 14.7. The second-order valence-electron chi connectivity index (χ2n) is 4.60. The Morgan fingerprint density at radius 2 is 1.65 bits per heavy atom. The molecule has 0 radical (unpaired) electrons. The molecule has 3 nitrogen and oxygen atoms in total. The number of amides is 1. The molecule has 20 heavy (non-hydrogen) atoms. The lowest BCUT2D eigenvalue weighted by Gasteiger charge is -2.05. The first-order chi connectivity index (χ1) is 9.45. The van der Waals surface area contributed by atoms with Crippen molar-refractivity contribution in [2.75, 3.05) is 5.32 Å². The van der Waals surface area contributed by atoms with Crippen molar-refractivity contribution in [3.05, 3.63) is 65.0 Å². The second kappa shape index (κ2) is 5.65. The first-order valence-electron chi connectivity index (χ1n) is 6.15. The molecule has 0 saturated carbocycles. The molecule has 0 spiro atoms. The van der Waals surface area contributed by atoms with Crippen LogP contribution in [0.3, 0.4) is 0 Å². The zero-order valence-electron chi connectivity index (χ0n) is 11.2. The number of rotatable bonds is 3. The fourth-order valence-electron chi connectivity index (χ4n) is 1.94. The van der Waals surface area contributed by atoms with Crippen LogP contribution in [0.15, 0.2) is 42.5 Å². The van der Waals surface area contributed by atoms with Gasteiger partial charge in [-0.2, -0.15) is 0 Å². The molecule has 4 heteroatoms. The molecule has 0 saturated heterocycles. The Morgan fingerprint density at radius 1 is 1.00 bits per heavy atom. The van der Waals surface area contributed by atoms with Crippen molar-refractivity contribution < 1.29 is 14.0 Å². The number of aryl methyl sites for hydroxylation is 1. The van der Waals surface area contributed by atoms with E-state index in [0.29, 0.717) is 22.4 Å². The number of carbonyl (C=O) groups excluding carboxylic acids is 2. The van der Waals surface area contributed by atoms with E-state index in [-0.39, 0.29) is 11.7 Å². The molecule has 0 fully saturated rings. The highest BCUT2D eigenvalue weighted by Crippen LogP contribution is 2.16. The lowest BCUT2D eigenvalue weighted by atomic mass is 10.0. The molecule has 2 aromatic carbocycles. The standard InChI is InChI=1S/C16H14FNO2/c1-10-7-13(9-14(17)8-10)16(20)12-3-5-15(6-4-12)18-11(2)19/h3-9H,1-2H3,(H,18,19). The number of anilines is 1. The van der Waals surface area contributed by atoms with Gasteiger partial charge in [-0.15, -0.1) is 0 Å². The molecule has 0 aliphatic carbocycles. The molecular weight excluding hydrogens is 257 g/mol. The van der Waals surface area contributed by atoms with Crippen LogP contribution >= 0.6 is 0 Å². The first kappa shape index (κ1) is 13.9. The normalized spacial score (nSPS) is 10.2. The summed E-state index contributed by atoms with van der Waals surface area (Å²) in [4.78, 5) is 23.1. The van der Waals surface area contributed by atoms with E-state index in [1.165, 1.54) is 19.1 Å². The van der Waals surface area contributed by atoms with Crippen LogP contribution in [0.4, 0.5) is 10.1 Å². The predicted molar refractivity (Wildman–Crippen MR) is 75.3 cm³/mol. The van der Waals surface area contributed by atoms with Gasteiger partial charge in [-0.1, -0.05) is 0 Å². The maximum absolute atomic E-state index is 13.3. The second-order valence-corrected chi connectivity index (χ2v) is 4.60. The third kappa shape index (κ3) is 3.29. The lowest BCUT2D eigenvalue weighted by Crippen LogP contribution is -2.06. The molecule has 0 aliphatic heterocycles. The summed E-state index contributed by atoms with van der Waals surface area (Å²) in [5.41, 5.74) is 2.08. The fraction of sp³-hybridized carbons (Fsp3) is 0.125. The molecule has 1 N–H and O–H groups in total. The van der Waals surface area contributed by atoms with Crippen molar-refractivity contribution >= 4 is 17.4 Å². The van der Waals surface area contributed by atoms with Gasteiger partial charge in [-0.3, -0.25) is 9.59 Å². The van der Waals surface area contributed by atoms with E-state index in [2.05, 4.69) is 5.32 Å². The number of benzene rings is 2. The van der Waals surface area contributed by atoms with E-state index >= 15 is 0 Å². The van der Waals surface area contributed by atoms with Crippen molar-refractivity contribution in [1.82, 2.24) is 0 Å². The zero-order valence-corrected chi connectivity index (χ0v) is 11.2. The molecule has 2 rings (SSSR count). The van der Waals surface area contributed by atoms with E-state index in [1.54, 1.807) is 37.3 Å². The highest BCUT2D eigenvalue weighted by Gasteiger charge is 2.10. The lowest BCUT2D eigenvalue weighted by molar-refractivity contribution is -0.114. The van der Waals surface area contributed by atoms with Crippen molar-refractivity contribution in [1.29, 1.82) is 0 Å². The quantitative estimate of drug-likeness (QED) is 0.870. The van der Waals surface area contributed by atoms with Crippen LogP contribution in [0.2, 0.25) is 0 Å². The van der Waals surface area contributed by atoms with Gasteiger partial charge in [0.1, 0.15) is 5.82 Å². The average Bonchev–Trinajstić information content (AvgIpc) is 2.37. The summed E-state index contributed by atoms with van der Waals surface area (Å²) in [6, 6.07) is 10.7. The Bertz CT molecular complexity index is 642. The van der Waals surface area contributed by atoms with Crippen LogP contribution in [0.5, 0.6) is 0 Å². The summed E-state index contributed by atoms with van der Waals surface area (Å²) in [5, 5.41) is 2.62. The van der Waals surface area contributed by atoms with E-state index in [1.807, 2.05) is 0 Å². The third-order valence-corrected chi connectivity index (χ3v) is 2.77. The van der Waals surface area contributed by atoms with Crippen LogP contribution in [-0.2, 0) is 4.79 Å². The van der Waals surface area contributed by atoms with Gasteiger partial charge in [0.25, 0.3) is 0 Å². The third-order valence-electron chi connectivity index (χ3n) is 2.77. The van der Waals surface area contributed by atoms with E-state index in [4.69, 9.17) is 0 Å². The Morgan fingerprint density at radius 3 is 2.20 bits per heavy atom. The van der Waals surface area contributed by atoms with Gasteiger partial charge in [0.15, 0.2) is 5.78 Å². The minimum Gasteiger partial charge on any atom is -0.326 e. The molecule has 1 amide bonds. The van der Waals surface area contributed by atoms with E-state index in [0.717, 1.165) is 0 Å². The topological polar surface area (TPSA) is 46.2 Å². The molecule has 0 aromatic heterocycles. The van der Waals surface area contributed by atoms with Crippen molar-refractivity contribution in [3.8, 4) is 0 Å². The average molecular weight is 271 g/mol. The SMILES string of the molecule is CC(=O)Nc1ccc(C(=O)c2cc(C)cc(F)c2)cc1. The molecule has 0 bridgehead atoms. The number of hydrogen-bond acceptors (Lipinski definition) is 2. The van der Waals surface area contributed by atoms with Gasteiger partial charge in [-0.05, 0) is 55.0 Å².